The Kier molecular flexibility index (Phi) is 28.3. The number of nitrogens with zero attached hydrogens (tertiary/aromatic N) is 2. The molecular weight excluding hydrogens is 981 g/mol. The lowest BCUT2D eigenvalue weighted by atomic mass is 9.99. The van der Waals surface area contributed by atoms with Gasteiger partial charge >= 0.3 is 5.97 Å². The minimum Gasteiger partial charge on any atom is -0.480 e. The van der Waals surface area contributed by atoms with E-state index in [2.05, 4.69) is 42.2 Å². The van der Waals surface area contributed by atoms with Crippen LogP contribution in [0.25, 0.3) is 0 Å². The Morgan fingerprint density at radius 2 is 1.21 bits per heavy atom. The zero-order chi connectivity index (χ0) is 56.4. The van der Waals surface area contributed by atoms with Gasteiger partial charge in [-0.3, -0.25) is 48.1 Å². The van der Waals surface area contributed by atoms with Crippen molar-refractivity contribution in [3.8, 4) is 0 Å². The van der Waals surface area contributed by atoms with E-state index in [1.807, 2.05) is 0 Å². The van der Waals surface area contributed by atoms with Gasteiger partial charge in [0.25, 0.3) is 0 Å². The van der Waals surface area contributed by atoms with Crippen molar-refractivity contribution in [1.29, 1.82) is 0 Å². The molecule has 9 atom stereocenters. The number of unbranched alkanes of at least 4 members (excludes halogenated alkanes) is 1. The number of primary amides is 1. The molecule has 0 aromatic heterocycles. The van der Waals surface area contributed by atoms with Crippen molar-refractivity contribution in [3.63, 3.8) is 0 Å². The third-order valence-corrected chi connectivity index (χ3v) is 12.1. The first-order valence-corrected chi connectivity index (χ1v) is 25.1. The van der Waals surface area contributed by atoms with Gasteiger partial charge in [-0.2, -0.15) is 0 Å². The molecule has 27 nitrogen and oxygen atoms in total. The fraction of sp³-hybridized carbons (Fsp3) is 0.646. The van der Waals surface area contributed by atoms with Crippen LogP contribution in [-0.4, -0.2) is 173 Å². The first kappa shape index (κ1) is 64.1. The van der Waals surface area contributed by atoms with Crippen molar-refractivity contribution in [1.82, 2.24) is 42.1 Å². The molecule has 0 bridgehead atoms. The monoisotopic (exact) mass is 1060 g/mol. The average molecular weight is 1060 g/mol. The molecule has 75 heavy (non-hydrogen) atoms. The molecule has 0 radical (unpaired) electrons. The second-order valence-electron chi connectivity index (χ2n) is 19.2. The quantitative estimate of drug-likeness (QED) is 0.0175. The van der Waals surface area contributed by atoms with Crippen LogP contribution in [0.4, 0.5) is 0 Å². The number of carboxylic acid groups (broad SMARTS) is 1. The predicted molar refractivity (Wildman–Crippen MR) is 274 cm³/mol. The molecule has 1 aromatic rings. The van der Waals surface area contributed by atoms with Gasteiger partial charge in [0.15, 0.2) is 5.96 Å². The molecule has 20 N–H and O–H groups in total. The normalized spacial score (nSPS) is 16.4. The van der Waals surface area contributed by atoms with Gasteiger partial charge in [0.05, 0.1) is 13.2 Å². The number of hydrogen-bond donors (Lipinski definition) is 15. The third-order valence-electron chi connectivity index (χ3n) is 12.1. The molecule has 1 aliphatic rings. The minimum atomic E-state index is -1.69. The summed E-state index contributed by atoms with van der Waals surface area (Å²) in [6.07, 6.45) is 0.624. The first-order chi connectivity index (χ1) is 35.4. The second kappa shape index (κ2) is 33.1. The molecule has 1 fully saturated rings. The number of aliphatic hydroxyl groups is 2. The Balaban J connectivity index is 2.33. The van der Waals surface area contributed by atoms with E-state index in [-0.39, 0.29) is 76.5 Å². The fourth-order valence-electron chi connectivity index (χ4n) is 8.03. The lowest BCUT2D eigenvalue weighted by molar-refractivity contribution is -0.143. The van der Waals surface area contributed by atoms with Crippen LogP contribution in [0.15, 0.2) is 35.3 Å². The van der Waals surface area contributed by atoms with Gasteiger partial charge in [-0.05, 0) is 81.7 Å². The SMILES string of the molecule is CC(C)C[C@H](NC(=O)[C@@H](N)CO)C(=O)N[C@H](C(=O)N[C@@H](CCC(N)=O)C(=O)N[C@@H](CO)C(=O)N1CCC[C@H]1C(=O)N[C@@H](CCCCN)C(=O)N[C@@H](CCCN=C(N)N)C(=O)N[C@@H](Cc1ccccc1)C(=O)O)C(C)C. The molecule has 27 heteroatoms. The molecule has 2 rings (SSSR count). The zero-order valence-electron chi connectivity index (χ0n) is 43.3. The van der Waals surface area contributed by atoms with E-state index in [0.717, 1.165) is 4.90 Å². The summed E-state index contributed by atoms with van der Waals surface area (Å²) >= 11 is 0. The van der Waals surface area contributed by atoms with Crippen LogP contribution < -0.4 is 65.9 Å². The number of guanidine groups is 1. The Morgan fingerprint density at radius 3 is 1.76 bits per heavy atom. The van der Waals surface area contributed by atoms with Crippen molar-refractivity contribution in [2.24, 2.45) is 45.5 Å². The topological polar surface area (TPSA) is 461 Å². The van der Waals surface area contributed by atoms with E-state index in [1.165, 1.54) is 0 Å². The second-order valence-corrected chi connectivity index (χ2v) is 19.2. The highest BCUT2D eigenvalue weighted by Crippen LogP contribution is 2.20. The maximum absolute atomic E-state index is 14.1. The van der Waals surface area contributed by atoms with Crippen LogP contribution >= 0.6 is 0 Å². The van der Waals surface area contributed by atoms with Gasteiger partial charge in [0.2, 0.25) is 53.2 Å². The molecule has 0 aliphatic carbocycles. The molecular formula is C48H80N14O13. The van der Waals surface area contributed by atoms with Crippen LogP contribution in [0, 0.1) is 11.8 Å². The molecule has 1 aliphatic heterocycles. The summed E-state index contributed by atoms with van der Waals surface area (Å²) in [5, 5.41) is 47.5. The number of carbonyl (C=O) groups excluding carboxylic acids is 9. The Hall–Kier alpha value is -6.97. The number of carboxylic acids is 1. The van der Waals surface area contributed by atoms with Crippen LogP contribution in [0.3, 0.4) is 0 Å². The van der Waals surface area contributed by atoms with E-state index in [1.54, 1.807) is 58.0 Å². The predicted octanol–water partition coefficient (Wildman–Crippen LogP) is -4.84. The molecule has 1 aromatic carbocycles. The number of aliphatic imine (C=N–C) groups is 1. The van der Waals surface area contributed by atoms with Crippen LogP contribution in [0.1, 0.15) is 97.5 Å². The van der Waals surface area contributed by atoms with Gasteiger partial charge in [0.1, 0.15) is 54.4 Å². The van der Waals surface area contributed by atoms with Gasteiger partial charge < -0.3 is 86.1 Å². The van der Waals surface area contributed by atoms with E-state index < -0.39 is 139 Å². The van der Waals surface area contributed by atoms with Gasteiger partial charge in [-0.25, -0.2) is 4.79 Å². The maximum atomic E-state index is 14.1. The van der Waals surface area contributed by atoms with E-state index in [9.17, 15) is 63.3 Å². The Bertz CT molecular complexity index is 2110. The highest BCUT2D eigenvalue weighted by atomic mass is 16.4. The summed E-state index contributed by atoms with van der Waals surface area (Å²) in [6, 6.07) is -3.67. The lowest BCUT2D eigenvalue weighted by Crippen LogP contribution is -2.61. The standard InChI is InChI=1S/C48H80N14O13/c1-26(2)22-33(58-39(66)29(50)24-63)43(70)61-38(27(3)4)45(72)57-32(17-18-37(51)65)42(69)60-35(25-64)46(73)62-21-11-16-36(62)44(71)56-30(14-8-9-19-49)40(67)55-31(15-10-20-54-48(52)53)41(68)59-34(47(74)75)23-28-12-6-5-7-13-28/h5-7,12-13,26-27,29-36,38,63-64H,8-11,14-25,49-50H2,1-4H3,(H2,51,65)(H,55,67)(H,56,71)(H,57,72)(H,58,66)(H,59,68)(H,60,69)(H,61,70)(H,74,75)(H4,52,53,54)/t29-,30-,31-,32-,33-,34-,35-,36-,38-/m0/s1. The summed E-state index contributed by atoms with van der Waals surface area (Å²) in [5.41, 5.74) is 28.3. The van der Waals surface area contributed by atoms with Crippen LogP contribution in [0.2, 0.25) is 0 Å². The van der Waals surface area contributed by atoms with Gasteiger partial charge in [-0.15, -0.1) is 0 Å². The molecule has 420 valence electrons. The fourth-order valence-corrected chi connectivity index (χ4v) is 8.03. The number of rotatable bonds is 34. The summed E-state index contributed by atoms with van der Waals surface area (Å²) in [6.45, 7) is 5.41. The number of aliphatic hydroxyl groups excluding tert-OH is 2. The number of benzene rings is 1. The van der Waals surface area contributed by atoms with Crippen molar-refractivity contribution < 1.29 is 63.3 Å². The number of likely N-dealkylation sites (tertiary alicyclic amines) is 1. The number of nitrogens with one attached hydrogen (secondary N) is 7. The molecule has 1 heterocycles. The average Bonchev–Trinajstić information content (AvgIpc) is 3.86. The lowest BCUT2D eigenvalue weighted by Gasteiger charge is -2.31. The van der Waals surface area contributed by atoms with Gasteiger partial charge in [-0.1, -0.05) is 58.0 Å². The summed E-state index contributed by atoms with van der Waals surface area (Å²) in [4.78, 5) is 139. The van der Waals surface area contributed by atoms with Crippen molar-refractivity contribution >= 4 is 65.1 Å². The highest BCUT2D eigenvalue weighted by Gasteiger charge is 2.40. The summed E-state index contributed by atoms with van der Waals surface area (Å²) in [7, 11) is 0. The number of carbonyl (C=O) groups is 10. The first-order valence-electron chi connectivity index (χ1n) is 25.1. The summed E-state index contributed by atoms with van der Waals surface area (Å²) in [5.74, 6) is -9.89. The number of nitrogens with two attached hydrogens (primary N) is 5. The van der Waals surface area contributed by atoms with E-state index >= 15 is 0 Å². The summed E-state index contributed by atoms with van der Waals surface area (Å²) < 4.78 is 0. The Morgan fingerprint density at radius 1 is 0.667 bits per heavy atom. The molecule has 0 saturated carbocycles. The molecule has 9 amide bonds. The molecule has 0 unspecified atom stereocenters. The molecule has 1 saturated heterocycles. The molecule has 0 spiro atoms. The number of aliphatic carboxylic acids is 1. The highest BCUT2D eigenvalue weighted by molar-refractivity contribution is 5.98. The van der Waals surface area contributed by atoms with Crippen molar-refractivity contribution in [3.05, 3.63) is 35.9 Å². The van der Waals surface area contributed by atoms with E-state index in [4.69, 9.17) is 28.7 Å². The maximum Gasteiger partial charge on any atom is 0.326 e. The van der Waals surface area contributed by atoms with Crippen LogP contribution in [0.5, 0.6) is 0 Å². The number of hydrogen-bond acceptors (Lipinski definition) is 15. The Labute approximate surface area is 436 Å². The van der Waals surface area contributed by atoms with E-state index in [0.29, 0.717) is 24.8 Å². The smallest absolute Gasteiger partial charge is 0.326 e. The number of amides is 9. The van der Waals surface area contributed by atoms with Gasteiger partial charge in [0, 0.05) is 25.9 Å². The largest absolute Gasteiger partial charge is 0.480 e. The minimum absolute atomic E-state index is 0.0130. The van der Waals surface area contributed by atoms with Crippen LogP contribution in [-0.2, 0) is 54.4 Å². The third kappa shape index (κ3) is 22.6. The zero-order valence-corrected chi connectivity index (χ0v) is 43.3. The van der Waals surface area contributed by atoms with Crippen molar-refractivity contribution in [2.75, 3.05) is 32.8 Å². The van der Waals surface area contributed by atoms with Crippen molar-refractivity contribution in [2.45, 2.75) is 153 Å².